The van der Waals surface area contributed by atoms with Crippen LogP contribution >= 0.6 is 0 Å². The van der Waals surface area contributed by atoms with Crippen LogP contribution in [0.2, 0.25) is 0 Å². The van der Waals surface area contributed by atoms with Crippen LogP contribution in [0, 0.1) is 11.7 Å². The van der Waals surface area contributed by atoms with Gasteiger partial charge in [0.25, 0.3) is 0 Å². The molecule has 1 rings (SSSR count). The summed E-state index contributed by atoms with van der Waals surface area (Å²) in [6.45, 7) is 10.2. The lowest BCUT2D eigenvalue weighted by molar-refractivity contribution is 0.0946. The highest BCUT2D eigenvalue weighted by molar-refractivity contribution is 5.96. The Morgan fingerprint density at radius 1 is 1.21 bits per heavy atom. The molecule has 0 saturated heterocycles. The van der Waals surface area contributed by atoms with Crippen molar-refractivity contribution in [3.8, 4) is 0 Å². The minimum absolute atomic E-state index is 0.118. The molecule has 0 aliphatic heterocycles. The summed E-state index contributed by atoms with van der Waals surface area (Å²) in [7, 11) is 0. The largest absolute Gasteiger partial charge is 0.300 e. The first-order valence-electron chi connectivity index (χ1n) is 6.93. The Hall–Kier alpha value is -1.22. The molecule has 0 spiro atoms. The van der Waals surface area contributed by atoms with Crippen LogP contribution in [0.4, 0.5) is 4.39 Å². The van der Waals surface area contributed by atoms with Gasteiger partial charge in [-0.1, -0.05) is 26.0 Å². The molecule has 0 fully saturated rings. The topological polar surface area (TPSA) is 20.3 Å². The van der Waals surface area contributed by atoms with E-state index in [0.29, 0.717) is 24.9 Å². The summed E-state index contributed by atoms with van der Waals surface area (Å²) in [5.41, 5.74) is 0.204. The Labute approximate surface area is 115 Å². The lowest BCUT2D eigenvalue weighted by Gasteiger charge is -2.27. The molecule has 0 amide bonds. The number of carbonyl (C=O) groups excluding carboxylic acids is 1. The fourth-order valence-corrected chi connectivity index (χ4v) is 2.10. The Balaban J connectivity index is 2.60. The Morgan fingerprint density at radius 2 is 1.84 bits per heavy atom. The molecular weight excluding hydrogens is 241 g/mol. The second-order valence-electron chi connectivity index (χ2n) is 5.64. The molecule has 2 nitrogen and oxygen atoms in total. The van der Waals surface area contributed by atoms with E-state index in [1.807, 2.05) is 0 Å². The van der Waals surface area contributed by atoms with Gasteiger partial charge < -0.3 is 4.90 Å². The number of halogens is 1. The number of nitrogens with zero attached hydrogens (tertiary/aromatic N) is 1. The van der Waals surface area contributed by atoms with Gasteiger partial charge in [0, 0.05) is 25.6 Å². The molecule has 19 heavy (non-hydrogen) atoms. The zero-order chi connectivity index (χ0) is 14.4. The van der Waals surface area contributed by atoms with Crippen LogP contribution in [-0.2, 0) is 0 Å². The first kappa shape index (κ1) is 15.8. The van der Waals surface area contributed by atoms with Crippen molar-refractivity contribution in [2.24, 2.45) is 5.92 Å². The first-order chi connectivity index (χ1) is 8.91. The quantitative estimate of drug-likeness (QED) is 0.700. The van der Waals surface area contributed by atoms with E-state index < -0.39 is 5.82 Å². The van der Waals surface area contributed by atoms with Gasteiger partial charge in [-0.15, -0.1) is 0 Å². The third-order valence-electron chi connectivity index (χ3n) is 3.13. The van der Waals surface area contributed by atoms with Crippen LogP contribution in [0.3, 0.4) is 0 Å². The fraction of sp³-hybridized carbons (Fsp3) is 0.562. The predicted octanol–water partition coefficient (Wildman–Crippen LogP) is 3.76. The van der Waals surface area contributed by atoms with Crippen molar-refractivity contribution in [3.63, 3.8) is 0 Å². The molecule has 0 atom stereocenters. The summed E-state index contributed by atoms with van der Waals surface area (Å²) in [6.07, 6.45) is 0.367. The number of rotatable bonds is 7. The molecule has 0 heterocycles. The highest BCUT2D eigenvalue weighted by Crippen LogP contribution is 2.11. The third-order valence-corrected chi connectivity index (χ3v) is 3.13. The van der Waals surface area contributed by atoms with E-state index in [1.54, 1.807) is 18.2 Å². The average molecular weight is 265 g/mol. The second kappa shape index (κ2) is 7.39. The van der Waals surface area contributed by atoms with Crippen molar-refractivity contribution in [1.82, 2.24) is 4.90 Å². The maximum absolute atomic E-state index is 13.5. The van der Waals surface area contributed by atoms with Gasteiger partial charge in [0.15, 0.2) is 5.78 Å². The summed E-state index contributed by atoms with van der Waals surface area (Å²) in [4.78, 5) is 14.3. The van der Waals surface area contributed by atoms with Crippen LogP contribution in [0.1, 0.15) is 44.5 Å². The van der Waals surface area contributed by atoms with Crippen LogP contribution in [0.15, 0.2) is 24.3 Å². The maximum atomic E-state index is 13.5. The van der Waals surface area contributed by atoms with Gasteiger partial charge in [0.05, 0.1) is 5.56 Å². The fourth-order valence-electron chi connectivity index (χ4n) is 2.10. The molecule has 1 aromatic rings. The normalized spacial score (nSPS) is 11.6. The number of hydrogen-bond donors (Lipinski definition) is 0. The molecule has 0 bridgehead atoms. The summed E-state index contributed by atoms with van der Waals surface area (Å²) in [6, 6.07) is 6.59. The highest BCUT2D eigenvalue weighted by Gasteiger charge is 2.15. The van der Waals surface area contributed by atoms with Crippen LogP contribution in [0.5, 0.6) is 0 Å². The van der Waals surface area contributed by atoms with Gasteiger partial charge in [0.2, 0.25) is 0 Å². The minimum Gasteiger partial charge on any atom is -0.300 e. The lowest BCUT2D eigenvalue weighted by Crippen LogP contribution is -2.35. The molecule has 106 valence electrons. The molecule has 1 aromatic carbocycles. The molecule has 0 aliphatic rings. The molecule has 0 unspecified atom stereocenters. The smallest absolute Gasteiger partial charge is 0.167 e. The van der Waals surface area contributed by atoms with Crippen LogP contribution in [-0.4, -0.2) is 29.8 Å². The van der Waals surface area contributed by atoms with E-state index in [4.69, 9.17) is 0 Å². The van der Waals surface area contributed by atoms with Crippen molar-refractivity contribution in [2.75, 3.05) is 13.1 Å². The van der Waals surface area contributed by atoms with E-state index in [1.165, 1.54) is 6.07 Å². The van der Waals surface area contributed by atoms with E-state index in [2.05, 4.69) is 32.6 Å². The third kappa shape index (κ3) is 5.11. The number of Topliss-reactive ketones (excluding diaryl/α,β-unsaturated/α-hetero) is 1. The summed E-state index contributed by atoms with van der Waals surface area (Å²) in [5, 5.41) is 0. The first-order valence-corrected chi connectivity index (χ1v) is 6.93. The van der Waals surface area contributed by atoms with Crippen molar-refractivity contribution >= 4 is 5.78 Å². The zero-order valence-corrected chi connectivity index (χ0v) is 12.3. The molecule has 0 aromatic heterocycles. The monoisotopic (exact) mass is 265 g/mol. The van der Waals surface area contributed by atoms with Crippen LogP contribution in [0.25, 0.3) is 0 Å². The summed E-state index contributed by atoms with van der Waals surface area (Å²) < 4.78 is 13.5. The highest BCUT2D eigenvalue weighted by atomic mass is 19.1. The van der Waals surface area contributed by atoms with E-state index >= 15 is 0 Å². The van der Waals surface area contributed by atoms with Crippen LogP contribution < -0.4 is 0 Å². The average Bonchev–Trinajstić information content (AvgIpc) is 2.34. The van der Waals surface area contributed by atoms with Gasteiger partial charge in [0.1, 0.15) is 5.82 Å². The summed E-state index contributed by atoms with van der Waals surface area (Å²) >= 11 is 0. The van der Waals surface area contributed by atoms with Crippen molar-refractivity contribution < 1.29 is 9.18 Å². The molecule has 0 N–H and O–H groups in total. The van der Waals surface area contributed by atoms with E-state index in [0.717, 1.165) is 6.54 Å². The minimum atomic E-state index is -0.424. The Kier molecular flexibility index (Phi) is 6.16. The molecule has 0 saturated carbocycles. The van der Waals surface area contributed by atoms with Gasteiger partial charge in [-0.05, 0) is 31.9 Å². The van der Waals surface area contributed by atoms with Crippen molar-refractivity contribution in [3.05, 3.63) is 35.6 Å². The molecule has 3 heteroatoms. The number of carbonyl (C=O) groups is 1. The van der Waals surface area contributed by atoms with E-state index in [-0.39, 0.29) is 11.3 Å². The molecule has 0 radical (unpaired) electrons. The van der Waals surface area contributed by atoms with E-state index in [9.17, 15) is 9.18 Å². The van der Waals surface area contributed by atoms with Gasteiger partial charge >= 0.3 is 0 Å². The zero-order valence-electron chi connectivity index (χ0n) is 12.3. The van der Waals surface area contributed by atoms with Crippen molar-refractivity contribution in [1.29, 1.82) is 0 Å². The Bertz CT molecular complexity index is 415. The maximum Gasteiger partial charge on any atom is 0.167 e. The van der Waals surface area contributed by atoms with Crippen molar-refractivity contribution in [2.45, 2.75) is 40.2 Å². The van der Waals surface area contributed by atoms with Gasteiger partial charge in [-0.2, -0.15) is 0 Å². The predicted molar refractivity (Wildman–Crippen MR) is 76.9 cm³/mol. The standard InChI is InChI=1S/C16H24FNO/c1-12(2)11-18(13(3)4)10-9-16(19)14-7-5-6-8-15(14)17/h5-8,12-13H,9-11H2,1-4H3. The molecule has 0 aliphatic carbocycles. The van der Waals surface area contributed by atoms with Gasteiger partial charge in [-0.25, -0.2) is 4.39 Å². The Morgan fingerprint density at radius 3 is 2.37 bits per heavy atom. The number of benzene rings is 1. The van der Waals surface area contributed by atoms with Gasteiger partial charge in [-0.3, -0.25) is 4.79 Å². The number of hydrogen-bond acceptors (Lipinski definition) is 2. The summed E-state index contributed by atoms with van der Waals surface area (Å²) in [5.74, 6) is 0.0194. The molecular formula is C16H24FNO. The number of ketones is 1. The second-order valence-corrected chi connectivity index (χ2v) is 5.64. The lowest BCUT2D eigenvalue weighted by atomic mass is 10.1. The SMILES string of the molecule is CC(C)CN(CCC(=O)c1ccccc1F)C(C)C.